The number of carboxylic acid groups (broad SMARTS) is 1. The van der Waals surface area contributed by atoms with Crippen molar-refractivity contribution in [2.45, 2.75) is 57.9 Å². The Labute approximate surface area is 231 Å². The van der Waals surface area contributed by atoms with Crippen molar-refractivity contribution in [2.75, 3.05) is 32.7 Å². The molecule has 1 aromatic heterocycles. The van der Waals surface area contributed by atoms with E-state index in [1.54, 1.807) is 0 Å². The van der Waals surface area contributed by atoms with Crippen LogP contribution in [0.4, 0.5) is 0 Å². The molecule has 0 radical (unpaired) electrons. The van der Waals surface area contributed by atoms with Gasteiger partial charge in [-0.25, -0.2) is 4.98 Å². The molecule has 0 saturated carbocycles. The van der Waals surface area contributed by atoms with Crippen LogP contribution in [-0.2, 0) is 11.2 Å². The third-order valence-electron chi connectivity index (χ3n) is 8.47. The first kappa shape index (κ1) is 27.0. The summed E-state index contributed by atoms with van der Waals surface area (Å²) in [4.78, 5) is 23.2. The number of hydrogen-bond acceptors (Lipinski definition) is 5. The second-order valence-electron chi connectivity index (χ2n) is 11.7. The van der Waals surface area contributed by atoms with Gasteiger partial charge in [0.15, 0.2) is 0 Å². The summed E-state index contributed by atoms with van der Waals surface area (Å²) in [6, 6.07) is 19.0. The summed E-state index contributed by atoms with van der Waals surface area (Å²) >= 11 is 1.88. The lowest BCUT2D eigenvalue weighted by molar-refractivity contribution is -0.144. The topological polar surface area (TPSA) is 56.7 Å². The lowest BCUT2D eigenvalue weighted by atomic mass is 9.87. The normalized spacial score (nSPS) is 22.2. The minimum atomic E-state index is -0.694. The number of benzene rings is 2. The number of carbonyl (C=O) groups is 1. The van der Waals surface area contributed by atoms with Crippen LogP contribution in [-0.4, -0.2) is 64.6 Å². The third-order valence-corrected chi connectivity index (χ3v) is 9.63. The van der Waals surface area contributed by atoms with Crippen LogP contribution in [0.15, 0.2) is 60.8 Å². The summed E-state index contributed by atoms with van der Waals surface area (Å²) in [6.45, 7) is 11.1. The second-order valence-corrected chi connectivity index (χ2v) is 12.8. The predicted octanol–water partition coefficient (Wildman–Crippen LogP) is 6.05. The largest absolute Gasteiger partial charge is 0.480 e. The Morgan fingerprint density at radius 3 is 2.53 bits per heavy atom. The molecule has 0 amide bonds. The van der Waals surface area contributed by atoms with Crippen molar-refractivity contribution >= 4 is 17.3 Å². The highest BCUT2D eigenvalue weighted by atomic mass is 32.1. The van der Waals surface area contributed by atoms with E-state index < -0.39 is 12.0 Å². The van der Waals surface area contributed by atoms with Gasteiger partial charge in [-0.2, -0.15) is 0 Å². The third kappa shape index (κ3) is 6.36. The number of rotatable bonds is 9. The first-order chi connectivity index (χ1) is 18.4. The highest BCUT2D eigenvalue weighted by Gasteiger charge is 2.41. The Morgan fingerprint density at radius 1 is 1.08 bits per heavy atom. The minimum Gasteiger partial charge on any atom is -0.480 e. The first-order valence-corrected chi connectivity index (χ1v) is 14.9. The van der Waals surface area contributed by atoms with Gasteiger partial charge in [0.2, 0.25) is 0 Å². The maximum atomic E-state index is 12.1. The minimum absolute atomic E-state index is 0.0892. The monoisotopic (exact) mass is 531 g/mol. The molecular formula is C32H41N3O2S. The Bertz CT molecular complexity index is 1200. The van der Waals surface area contributed by atoms with E-state index in [2.05, 4.69) is 77.5 Å². The quantitative estimate of drug-likeness (QED) is 0.364. The lowest BCUT2D eigenvalue weighted by Crippen LogP contribution is -2.44. The highest BCUT2D eigenvalue weighted by molar-refractivity contribution is 7.11. The molecule has 6 heteroatoms. The lowest BCUT2D eigenvalue weighted by Gasteiger charge is -2.34. The van der Waals surface area contributed by atoms with Crippen LogP contribution in [0.1, 0.15) is 65.1 Å². The van der Waals surface area contributed by atoms with E-state index in [1.165, 1.54) is 39.4 Å². The van der Waals surface area contributed by atoms with Crippen LogP contribution in [0.25, 0.3) is 0 Å². The number of aryl methyl sites for hydroxylation is 1. The molecule has 0 bridgehead atoms. The zero-order valence-electron chi connectivity index (χ0n) is 22.9. The maximum absolute atomic E-state index is 12.1. The van der Waals surface area contributed by atoms with Gasteiger partial charge in [0, 0.05) is 43.0 Å². The summed E-state index contributed by atoms with van der Waals surface area (Å²) in [5, 5.41) is 11.2. The van der Waals surface area contributed by atoms with Gasteiger partial charge >= 0.3 is 5.97 Å². The molecule has 2 aromatic carbocycles. The summed E-state index contributed by atoms with van der Waals surface area (Å²) in [5.74, 6) is 0.801. The first-order valence-electron chi connectivity index (χ1n) is 14.1. The number of hydrogen-bond donors (Lipinski definition) is 1. The van der Waals surface area contributed by atoms with E-state index in [4.69, 9.17) is 4.98 Å². The number of nitrogens with zero attached hydrogens (tertiary/aromatic N) is 3. The Morgan fingerprint density at radius 2 is 1.84 bits per heavy atom. The Hall–Kier alpha value is -2.54. The highest BCUT2D eigenvalue weighted by Crippen LogP contribution is 2.38. The van der Waals surface area contributed by atoms with Crippen LogP contribution >= 0.6 is 11.3 Å². The smallest absolute Gasteiger partial charge is 0.321 e. The van der Waals surface area contributed by atoms with Gasteiger partial charge in [-0.15, -0.1) is 11.3 Å². The van der Waals surface area contributed by atoms with Crippen LogP contribution in [0, 0.1) is 18.8 Å². The van der Waals surface area contributed by atoms with Gasteiger partial charge in [-0.3, -0.25) is 9.69 Å². The van der Waals surface area contributed by atoms with Crippen LogP contribution in [0.2, 0.25) is 0 Å². The van der Waals surface area contributed by atoms with Crippen molar-refractivity contribution in [3.63, 3.8) is 0 Å². The van der Waals surface area contributed by atoms with Gasteiger partial charge in [0.1, 0.15) is 6.04 Å². The van der Waals surface area contributed by atoms with Crippen LogP contribution in [0.5, 0.6) is 0 Å². The van der Waals surface area contributed by atoms with Crippen molar-refractivity contribution in [2.24, 2.45) is 11.8 Å². The van der Waals surface area contributed by atoms with Crippen molar-refractivity contribution in [1.29, 1.82) is 0 Å². The van der Waals surface area contributed by atoms with E-state index >= 15 is 0 Å². The van der Waals surface area contributed by atoms with Crippen LogP contribution < -0.4 is 0 Å². The van der Waals surface area contributed by atoms with Crippen molar-refractivity contribution in [1.82, 2.24) is 14.8 Å². The summed E-state index contributed by atoms with van der Waals surface area (Å²) in [5.41, 5.74) is 3.95. The number of thiazole rings is 1. The van der Waals surface area contributed by atoms with E-state index in [0.717, 1.165) is 39.1 Å². The van der Waals surface area contributed by atoms with Gasteiger partial charge in [0.05, 0.1) is 5.01 Å². The van der Waals surface area contributed by atoms with Crippen molar-refractivity contribution in [3.05, 3.63) is 87.4 Å². The number of aliphatic carboxylic acids is 1. The van der Waals surface area contributed by atoms with E-state index in [-0.39, 0.29) is 5.92 Å². The van der Waals surface area contributed by atoms with Gasteiger partial charge in [-0.1, -0.05) is 74.0 Å². The fourth-order valence-electron chi connectivity index (χ4n) is 6.56. The van der Waals surface area contributed by atoms with Crippen molar-refractivity contribution < 1.29 is 9.90 Å². The average Bonchev–Trinajstić information content (AvgIpc) is 3.52. The van der Waals surface area contributed by atoms with E-state index in [0.29, 0.717) is 17.8 Å². The molecule has 202 valence electrons. The fraction of sp³-hybridized carbons (Fsp3) is 0.500. The molecule has 0 aliphatic carbocycles. The number of aromatic nitrogens is 1. The average molecular weight is 532 g/mol. The zero-order valence-corrected chi connectivity index (χ0v) is 23.7. The van der Waals surface area contributed by atoms with Gasteiger partial charge in [-0.05, 0) is 61.7 Å². The molecule has 3 heterocycles. The second kappa shape index (κ2) is 12.1. The summed E-state index contributed by atoms with van der Waals surface area (Å²) in [7, 11) is 0. The summed E-state index contributed by atoms with van der Waals surface area (Å²) in [6.07, 6.45) is 5.37. The molecule has 3 unspecified atom stereocenters. The fourth-order valence-corrected chi connectivity index (χ4v) is 7.68. The maximum Gasteiger partial charge on any atom is 0.321 e. The molecule has 5 nitrogen and oxygen atoms in total. The van der Waals surface area contributed by atoms with Gasteiger partial charge < -0.3 is 10.0 Å². The zero-order chi connectivity index (χ0) is 26.6. The van der Waals surface area contributed by atoms with E-state index in [9.17, 15) is 9.90 Å². The Balaban J connectivity index is 1.22. The van der Waals surface area contributed by atoms with Gasteiger partial charge in [0.25, 0.3) is 0 Å². The molecule has 5 rings (SSSR count). The number of likely N-dealkylation sites (tertiary alicyclic amines) is 2. The predicted molar refractivity (Wildman–Crippen MR) is 155 cm³/mol. The van der Waals surface area contributed by atoms with E-state index in [1.807, 2.05) is 25.2 Å². The van der Waals surface area contributed by atoms with Crippen molar-refractivity contribution in [3.8, 4) is 0 Å². The number of carboxylic acids is 1. The molecule has 38 heavy (non-hydrogen) atoms. The standard InChI is InChI=1S/C32H41N3O2S/c1-22(2)31(32(36)37)35-20-27(28(21-35)26-11-7-8-23(3)16-26)19-34-14-12-25(13-15-34)29-18-33-30(38-29)17-24-9-5-4-6-10-24/h4-11,16,18,22,25,27-28,31H,12-15,17,19-21H2,1-3H3,(H,36,37). The molecule has 2 saturated heterocycles. The molecule has 2 aliphatic rings. The molecule has 3 aromatic rings. The van der Waals surface area contributed by atoms with Crippen LogP contribution in [0.3, 0.4) is 0 Å². The SMILES string of the molecule is Cc1cccc(C2CN(C(C(=O)O)C(C)C)CC2CN2CCC(c3cnc(Cc4ccccc4)s3)CC2)c1. The Kier molecular flexibility index (Phi) is 8.61. The molecule has 3 atom stereocenters. The number of piperidine rings is 1. The molecular weight excluding hydrogens is 490 g/mol. The molecule has 2 aliphatic heterocycles. The molecule has 2 fully saturated rings. The molecule has 0 spiro atoms. The molecule has 1 N–H and O–H groups in total. The summed E-state index contributed by atoms with van der Waals surface area (Å²) < 4.78 is 0.